The molecule has 1 aromatic carbocycles. The Kier molecular flexibility index (Phi) is 5.70. The van der Waals surface area contributed by atoms with Crippen LogP contribution in [0.4, 0.5) is 0 Å². The molecule has 8 heteroatoms. The van der Waals surface area contributed by atoms with Gasteiger partial charge in [-0.1, -0.05) is 32.9 Å². The Morgan fingerprint density at radius 2 is 1.65 bits per heavy atom. The van der Waals surface area contributed by atoms with Gasteiger partial charge in [-0.25, -0.2) is 8.42 Å². The van der Waals surface area contributed by atoms with Crippen LogP contribution in [0.5, 0.6) is 0 Å². The number of hydrazine groups is 1. The molecule has 1 aromatic heterocycles. The third kappa shape index (κ3) is 4.36. The van der Waals surface area contributed by atoms with E-state index in [4.69, 9.17) is 0 Å². The summed E-state index contributed by atoms with van der Waals surface area (Å²) in [5.74, 6) is -0.539. The van der Waals surface area contributed by atoms with Gasteiger partial charge in [0.25, 0.3) is 15.9 Å². The van der Waals surface area contributed by atoms with E-state index in [0.717, 1.165) is 10.0 Å². The molecule has 2 rings (SSSR count). The molecule has 0 saturated carbocycles. The predicted octanol–water partition coefficient (Wildman–Crippen LogP) is 3.33. The molecule has 0 bridgehead atoms. The van der Waals surface area contributed by atoms with Gasteiger partial charge >= 0.3 is 0 Å². The topological polar surface area (TPSA) is 80.2 Å². The molecule has 1 heterocycles. The molecule has 142 valence electrons. The normalized spacial score (nSPS) is 12.3. The average molecular weight is 442 g/mol. The molecule has 0 spiro atoms. The molecular weight excluding hydrogens is 418 g/mol. The van der Waals surface area contributed by atoms with Gasteiger partial charge in [-0.05, 0) is 57.9 Å². The van der Waals surface area contributed by atoms with Gasteiger partial charge in [0.05, 0.1) is 4.90 Å². The van der Waals surface area contributed by atoms with Crippen LogP contribution >= 0.6 is 15.9 Å². The molecule has 1 amide bonds. The van der Waals surface area contributed by atoms with E-state index in [1.165, 1.54) is 0 Å². The van der Waals surface area contributed by atoms with Gasteiger partial charge in [-0.15, -0.1) is 4.83 Å². The highest BCUT2D eigenvalue weighted by Gasteiger charge is 2.24. The lowest BCUT2D eigenvalue weighted by Gasteiger charge is -2.22. The first kappa shape index (κ1) is 20.7. The summed E-state index contributed by atoms with van der Waals surface area (Å²) in [4.78, 5) is 14.6. The summed E-state index contributed by atoms with van der Waals surface area (Å²) in [7, 11) is -2.19. The van der Waals surface area contributed by atoms with Crippen LogP contribution in [-0.2, 0) is 22.5 Å². The Labute approximate surface area is 163 Å². The van der Waals surface area contributed by atoms with E-state index < -0.39 is 15.9 Å². The fourth-order valence-electron chi connectivity index (χ4n) is 2.79. The maximum Gasteiger partial charge on any atom is 0.282 e. The van der Waals surface area contributed by atoms with Crippen molar-refractivity contribution in [3.05, 3.63) is 51.3 Å². The maximum atomic E-state index is 12.7. The first-order chi connectivity index (χ1) is 11.8. The van der Waals surface area contributed by atoms with E-state index in [1.807, 2.05) is 12.1 Å². The number of rotatable bonds is 4. The zero-order chi connectivity index (χ0) is 19.9. The molecule has 0 aliphatic heterocycles. The van der Waals surface area contributed by atoms with Gasteiger partial charge in [-0.2, -0.15) is 0 Å². The van der Waals surface area contributed by atoms with Crippen LogP contribution in [0.2, 0.25) is 0 Å². The number of aromatic nitrogens is 1. The van der Waals surface area contributed by atoms with Crippen molar-refractivity contribution < 1.29 is 13.2 Å². The second-order valence-corrected chi connectivity index (χ2v) is 9.94. The van der Waals surface area contributed by atoms with Crippen LogP contribution in [-0.4, -0.2) is 18.9 Å². The summed E-state index contributed by atoms with van der Waals surface area (Å²) in [6.45, 7) is 9.74. The van der Waals surface area contributed by atoms with Crippen molar-refractivity contribution in [2.45, 2.75) is 44.9 Å². The predicted molar refractivity (Wildman–Crippen MR) is 106 cm³/mol. The molecule has 0 atom stereocenters. The largest absolute Gasteiger partial charge is 0.345 e. The van der Waals surface area contributed by atoms with Crippen molar-refractivity contribution in [2.75, 3.05) is 0 Å². The van der Waals surface area contributed by atoms with Crippen molar-refractivity contribution in [3.8, 4) is 0 Å². The number of amides is 1. The number of sulfonamides is 1. The molecule has 2 aromatic rings. The fourth-order valence-corrected chi connectivity index (χ4v) is 4.60. The Morgan fingerprint density at radius 1 is 1.12 bits per heavy atom. The minimum atomic E-state index is -3.90. The molecule has 0 aliphatic carbocycles. The van der Waals surface area contributed by atoms with Gasteiger partial charge in [0.2, 0.25) is 0 Å². The van der Waals surface area contributed by atoms with E-state index in [-0.39, 0.29) is 10.3 Å². The summed E-state index contributed by atoms with van der Waals surface area (Å²) in [6, 6.07) is 5.35. The Hall–Kier alpha value is -1.64. The third-order valence-corrected chi connectivity index (χ3v) is 6.08. The Morgan fingerprint density at radius 3 is 2.08 bits per heavy atom. The minimum Gasteiger partial charge on any atom is -0.345 e. The van der Waals surface area contributed by atoms with Crippen molar-refractivity contribution in [2.24, 2.45) is 7.05 Å². The Balaban J connectivity index is 2.28. The smallest absolute Gasteiger partial charge is 0.282 e. The van der Waals surface area contributed by atoms with E-state index >= 15 is 0 Å². The number of halogens is 1. The lowest BCUT2D eigenvalue weighted by molar-refractivity contribution is 0.0937. The van der Waals surface area contributed by atoms with E-state index in [9.17, 15) is 13.2 Å². The number of carbonyl (C=O) groups is 1. The van der Waals surface area contributed by atoms with Gasteiger partial charge in [0, 0.05) is 17.7 Å². The number of aryl methyl sites for hydroxylation is 3. The molecule has 0 saturated heterocycles. The number of hydrogen-bond acceptors (Lipinski definition) is 3. The first-order valence-corrected chi connectivity index (χ1v) is 10.4. The number of nitrogens with zero attached hydrogens (tertiary/aromatic N) is 1. The number of benzene rings is 1. The van der Waals surface area contributed by atoms with Gasteiger partial charge in [-0.3, -0.25) is 10.2 Å². The molecule has 0 fully saturated rings. The SMILES string of the molecule is Cc1cc(C(C)(C)C)cc(C)c1S(=O)(=O)NNC(=O)c1cc(Br)cn1C. The number of nitrogens with one attached hydrogen (secondary N) is 2. The van der Waals surface area contributed by atoms with Crippen molar-refractivity contribution in [1.29, 1.82) is 0 Å². The van der Waals surface area contributed by atoms with Crippen LogP contribution in [0.1, 0.15) is 48.0 Å². The van der Waals surface area contributed by atoms with Crippen LogP contribution < -0.4 is 10.3 Å². The second-order valence-electron chi connectivity index (χ2n) is 7.40. The van der Waals surface area contributed by atoms with Gasteiger partial charge in [0.1, 0.15) is 5.69 Å². The van der Waals surface area contributed by atoms with Gasteiger partial charge in [0.15, 0.2) is 0 Å². The molecule has 0 aliphatic rings. The highest BCUT2D eigenvalue weighted by molar-refractivity contribution is 9.10. The van der Waals surface area contributed by atoms with E-state index in [1.54, 1.807) is 37.7 Å². The Bertz CT molecular complexity index is 934. The van der Waals surface area contributed by atoms with Crippen LogP contribution in [0.3, 0.4) is 0 Å². The fraction of sp³-hybridized carbons (Fsp3) is 0.389. The molecule has 26 heavy (non-hydrogen) atoms. The molecular formula is C18H24BrN3O3S. The van der Waals surface area contributed by atoms with Crippen LogP contribution in [0, 0.1) is 13.8 Å². The summed E-state index contributed by atoms with van der Waals surface area (Å²) in [5.41, 5.74) is 4.85. The molecule has 0 radical (unpaired) electrons. The standard InChI is InChI=1S/C18H24BrN3O3S/c1-11-7-13(18(3,4)5)8-12(2)16(11)26(24,25)21-20-17(23)15-9-14(19)10-22(15)6/h7-10,21H,1-6H3,(H,20,23). The second kappa shape index (κ2) is 7.17. The number of hydrogen-bond donors (Lipinski definition) is 2. The first-order valence-electron chi connectivity index (χ1n) is 8.08. The zero-order valence-electron chi connectivity index (χ0n) is 15.8. The molecule has 6 nitrogen and oxygen atoms in total. The molecule has 0 unspecified atom stereocenters. The zero-order valence-corrected chi connectivity index (χ0v) is 18.2. The van der Waals surface area contributed by atoms with Crippen molar-refractivity contribution >= 4 is 31.9 Å². The summed E-state index contributed by atoms with van der Waals surface area (Å²) in [6.07, 6.45) is 1.71. The molecule has 2 N–H and O–H groups in total. The van der Waals surface area contributed by atoms with E-state index in [0.29, 0.717) is 16.8 Å². The van der Waals surface area contributed by atoms with Crippen molar-refractivity contribution in [1.82, 2.24) is 14.8 Å². The highest BCUT2D eigenvalue weighted by atomic mass is 79.9. The third-order valence-electron chi connectivity index (χ3n) is 4.10. The van der Waals surface area contributed by atoms with E-state index in [2.05, 4.69) is 47.0 Å². The van der Waals surface area contributed by atoms with Crippen LogP contribution in [0.25, 0.3) is 0 Å². The van der Waals surface area contributed by atoms with Gasteiger partial charge < -0.3 is 4.57 Å². The summed E-state index contributed by atoms with van der Waals surface area (Å²) >= 11 is 3.28. The number of carbonyl (C=O) groups excluding carboxylic acids is 1. The summed E-state index contributed by atoms with van der Waals surface area (Å²) < 4.78 is 27.8. The lowest BCUT2D eigenvalue weighted by Crippen LogP contribution is -2.42. The minimum absolute atomic E-state index is 0.0840. The monoisotopic (exact) mass is 441 g/mol. The highest BCUT2D eigenvalue weighted by Crippen LogP contribution is 2.29. The lowest BCUT2D eigenvalue weighted by atomic mass is 9.85. The maximum absolute atomic E-state index is 12.7. The summed E-state index contributed by atoms with van der Waals surface area (Å²) in [5, 5.41) is 0. The van der Waals surface area contributed by atoms with Crippen LogP contribution in [0.15, 0.2) is 33.8 Å². The average Bonchev–Trinajstić information content (AvgIpc) is 2.81. The quantitative estimate of drug-likeness (QED) is 0.713. The van der Waals surface area contributed by atoms with Crippen molar-refractivity contribution in [3.63, 3.8) is 0 Å².